The van der Waals surface area contributed by atoms with Crippen molar-refractivity contribution in [3.8, 4) is 11.4 Å². The fourth-order valence-corrected chi connectivity index (χ4v) is 5.77. The molecule has 1 aromatic heterocycles. The summed E-state index contributed by atoms with van der Waals surface area (Å²) < 4.78 is 27.3. The van der Waals surface area contributed by atoms with E-state index in [1.165, 1.54) is 4.31 Å². The predicted molar refractivity (Wildman–Crippen MR) is 133 cm³/mol. The number of carbonyl (C=O) groups excluding carboxylic acids is 1. The van der Waals surface area contributed by atoms with E-state index in [0.29, 0.717) is 36.5 Å². The number of carbonyl (C=O) groups is 1. The van der Waals surface area contributed by atoms with Crippen LogP contribution in [0.15, 0.2) is 77.7 Å². The van der Waals surface area contributed by atoms with Crippen molar-refractivity contribution in [3.63, 3.8) is 0 Å². The zero-order valence-electron chi connectivity index (χ0n) is 18.9. The van der Waals surface area contributed by atoms with Gasteiger partial charge >= 0.3 is 0 Å². The fraction of sp³-hybridized carbons (Fsp3) is 0.231. The van der Waals surface area contributed by atoms with Crippen LogP contribution >= 0.6 is 0 Å². The summed E-state index contributed by atoms with van der Waals surface area (Å²) in [6, 6.07) is 22.3. The number of nitrogens with zero attached hydrogens (tertiary/aromatic N) is 2. The van der Waals surface area contributed by atoms with Gasteiger partial charge in [0, 0.05) is 30.3 Å². The summed E-state index contributed by atoms with van der Waals surface area (Å²) in [6.07, 6.45) is 0.973. The molecule has 8 heteroatoms. The first-order chi connectivity index (χ1) is 16.4. The van der Waals surface area contributed by atoms with E-state index in [1.54, 1.807) is 24.3 Å². The number of piperidine rings is 1. The maximum Gasteiger partial charge on any atom is 0.243 e. The smallest absolute Gasteiger partial charge is 0.243 e. The third-order valence-electron chi connectivity index (χ3n) is 6.28. The number of H-pyrrole nitrogens is 1. The van der Waals surface area contributed by atoms with Gasteiger partial charge in [0.2, 0.25) is 15.9 Å². The van der Waals surface area contributed by atoms with Crippen LogP contribution in [0, 0.1) is 12.8 Å². The number of fused-ring (bicyclic) bond motifs is 1. The number of imidazole rings is 1. The van der Waals surface area contributed by atoms with E-state index in [-0.39, 0.29) is 11.8 Å². The standard InChI is InChI=1S/C26H26N4O3S/c1-18-9-11-22(12-10-18)34(32,33)30-15-13-19(14-16-30)26(31)27-21-6-4-5-20(17-21)25-28-23-7-2-3-8-24(23)29-25/h2-12,17,19H,13-16H2,1H3,(H,27,31)(H,28,29). The van der Waals surface area contributed by atoms with E-state index in [0.717, 1.165) is 28.0 Å². The van der Waals surface area contributed by atoms with Crippen molar-refractivity contribution in [1.29, 1.82) is 0 Å². The Hall–Kier alpha value is -3.49. The number of benzene rings is 3. The summed E-state index contributed by atoms with van der Waals surface area (Å²) >= 11 is 0. The Labute approximate surface area is 198 Å². The molecule has 0 radical (unpaired) electrons. The van der Waals surface area contributed by atoms with Crippen LogP contribution in [0.4, 0.5) is 5.69 Å². The monoisotopic (exact) mass is 474 g/mol. The highest BCUT2D eigenvalue weighted by molar-refractivity contribution is 7.89. The average Bonchev–Trinajstić information content (AvgIpc) is 3.29. The second-order valence-electron chi connectivity index (χ2n) is 8.66. The zero-order chi connectivity index (χ0) is 23.7. The molecule has 1 fully saturated rings. The number of nitrogens with one attached hydrogen (secondary N) is 2. The molecule has 4 aromatic rings. The highest BCUT2D eigenvalue weighted by atomic mass is 32.2. The molecule has 0 bridgehead atoms. The van der Waals surface area contributed by atoms with Crippen LogP contribution in [-0.2, 0) is 14.8 Å². The minimum absolute atomic E-state index is 0.0888. The molecule has 1 aliphatic rings. The molecule has 1 saturated heterocycles. The van der Waals surface area contributed by atoms with Gasteiger partial charge in [-0.1, -0.05) is 42.0 Å². The lowest BCUT2D eigenvalue weighted by molar-refractivity contribution is -0.120. The summed E-state index contributed by atoms with van der Waals surface area (Å²) in [5.41, 5.74) is 4.43. The molecule has 0 spiro atoms. The van der Waals surface area contributed by atoms with E-state index in [1.807, 2.05) is 55.5 Å². The Bertz CT molecular complexity index is 1400. The van der Waals surface area contributed by atoms with Crippen LogP contribution in [0.3, 0.4) is 0 Å². The van der Waals surface area contributed by atoms with Gasteiger partial charge < -0.3 is 10.3 Å². The Morgan fingerprint density at radius 3 is 2.47 bits per heavy atom. The molecule has 0 atom stereocenters. The fourth-order valence-electron chi connectivity index (χ4n) is 4.30. The zero-order valence-corrected chi connectivity index (χ0v) is 19.7. The molecule has 3 aromatic carbocycles. The molecule has 34 heavy (non-hydrogen) atoms. The topological polar surface area (TPSA) is 95.2 Å². The van der Waals surface area contributed by atoms with E-state index in [9.17, 15) is 13.2 Å². The lowest BCUT2D eigenvalue weighted by atomic mass is 9.97. The van der Waals surface area contributed by atoms with Crippen LogP contribution < -0.4 is 5.32 Å². The van der Waals surface area contributed by atoms with Crippen molar-refractivity contribution in [1.82, 2.24) is 14.3 Å². The molecular formula is C26H26N4O3S. The Morgan fingerprint density at radius 2 is 1.74 bits per heavy atom. The second kappa shape index (κ2) is 9.04. The van der Waals surface area contributed by atoms with Gasteiger partial charge in [0.15, 0.2) is 0 Å². The summed E-state index contributed by atoms with van der Waals surface area (Å²) in [5.74, 6) is 0.417. The number of aromatic nitrogens is 2. The lowest BCUT2D eigenvalue weighted by Gasteiger charge is -2.30. The second-order valence-corrected chi connectivity index (χ2v) is 10.6. The van der Waals surface area contributed by atoms with Crippen molar-refractivity contribution < 1.29 is 13.2 Å². The van der Waals surface area contributed by atoms with Gasteiger partial charge in [-0.25, -0.2) is 13.4 Å². The minimum Gasteiger partial charge on any atom is -0.338 e. The van der Waals surface area contributed by atoms with E-state index in [4.69, 9.17) is 0 Å². The van der Waals surface area contributed by atoms with Gasteiger partial charge in [0.05, 0.1) is 15.9 Å². The molecule has 0 aliphatic carbocycles. The number of para-hydroxylation sites is 2. The molecule has 5 rings (SSSR count). The third kappa shape index (κ3) is 4.47. The molecule has 2 heterocycles. The number of sulfonamides is 1. The van der Waals surface area contributed by atoms with Gasteiger partial charge in [-0.3, -0.25) is 4.79 Å². The molecule has 174 valence electrons. The van der Waals surface area contributed by atoms with Crippen molar-refractivity contribution in [2.24, 2.45) is 5.92 Å². The SMILES string of the molecule is Cc1ccc(S(=O)(=O)N2CCC(C(=O)Nc3cccc(-c4nc5ccccc5[nH]4)c3)CC2)cc1. The number of aromatic amines is 1. The quantitative estimate of drug-likeness (QED) is 0.443. The van der Waals surface area contributed by atoms with E-state index in [2.05, 4.69) is 15.3 Å². The minimum atomic E-state index is -3.54. The number of amides is 1. The Kier molecular flexibility index (Phi) is 5.93. The van der Waals surface area contributed by atoms with Crippen molar-refractivity contribution in [3.05, 3.63) is 78.4 Å². The molecule has 0 unspecified atom stereocenters. The maximum atomic E-state index is 12.9. The number of hydrogen-bond acceptors (Lipinski definition) is 4. The number of rotatable bonds is 5. The first-order valence-electron chi connectivity index (χ1n) is 11.3. The summed E-state index contributed by atoms with van der Waals surface area (Å²) in [4.78, 5) is 21.1. The van der Waals surface area contributed by atoms with Crippen molar-refractivity contribution in [2.45, 2.75) is 24.7 Å². The summed E-state index contributed by atoms with van der Waals surface area (Å²) in [7, 11) is -3.54. The van der Waals surface area contributed by atoms with Gasteiger partial charge in [0.25, 0.3) is 0 Å². The van der Waals surface area contributed by atoms with Gasteiger partial charge in [-0.2, -0.15) is 4.31 Å². The lowest BCUT2D eigenvalue weighted by Crippen LogP contribution is -2.41. The van der Waals surface area contributed by atoms with Crippen LogP contribution in [0.25, 0.3) is 22.4 Å². The van der Waals surface area contributed by atoms with Crippen molar-refractivity contribution >= 4 is 32.7 Å². The first-order valence-corrected chi connectivity index (χ1v) is 12.8. The third-order valence-corrected chi connectivity index (χ3v) is 8.19. The van der Waals surface area contributed by atoms with Gasteiger partial charge in [0.1, 0.15) is 5.82 Å². The van der Waals surface area contributed by atoms with Crippen LogP contribution in [0.1, 0.15) is 18.4 Å². The largest absolute Gasteiger partial charge is 0.338 e. The van der Waals surface area contributed by atoms with E-state index < -0.39 is 10.0 Å². The maximum absolute atomic E-state index is 12.9. The molecular weight excluding hydrogens is 448 g/mol. The highest BCUT2D eigenvalue weighted by Gasteiger charge is 2.32. The van der Waals surface area contributed by atoms with E-state index >= 15 is 0 Å². The Balaban J connectivity index is 1.23. The highest BCUT2D eigenvalue weighted by Crippen LogP contribution is 2.27. The Morgan fingerprint density at radius 1 is 1.00 bits per heavy atom. The van der Waals surface area contributed by atoms with Gasteiger partial charge in [-0.15, -0.1) is 0 Å². The number of hydrogen-bond donors (Lipinski definition) is 2. The van der Waals surface area contributed by atoms with Crippen LogP contribution in [-0.4, -0.2) is 41.7 Å². The van der Waals surface area contributed by atoms with Crippen LogP contribution in [0.5, 0.6) is 0 Å². The number of anilines is 1. The molecule has 1 amide bonds. The first kappa shape index (κ1) is 22.3. The molecule has 7 nitrogen and oxygen atoms in total. The van der Waals surface area contributed by atoms with Gasteiger partial charge in [-0.05, 0) is 56.2 Å². The predicted octanol–water partition coefficient (Wildman–Crippen LogP) is 4.58. The summed E-state index contributed by atoms with van der Waals surface area (Å²) in [6.45, 7) is 2.58. The molecule has 2 N–H and O–H groups in total. The normalized spacial score (nSPS) is 15.4. The van der Waals surface area contributed by atoms with Crippen molar-refractivity contribution in [2.75, 3.05) is 18.4 Å². The summed E-state index contributed by atoms with van der Waals surface area (Å²) in [5, 5.41) is 3.00. The molecule has 1 aliphatic heterocycles. The average molecular weight is 475 g/mol. The number of aryl methyl sites for hydroxylation is 1. The molecule has 0 saturated carbocycles. The van der Waals surface area contributed by atoms with Crippen LogP contribution in [0.2, 0.25) is 0 Å².